The number of ether oxygens (including phenoxy) is 3. The van der Waals surface area contributed by atoms with Crippen LogP contribution in [0.15, 0.2) is 48.5 Å². The van der Waals surface area contributed by atoms with Crippen molar-refractivity contribution in [1.82, 2.24) is 4.72 Å². The van der Waals surface area contributed by atoms with Crippen LogP contribution in [0, 0.1) is 0 Å². The number of sulfonamides is 1. The van der Waals surface area contributed by atoms with Gasteiger partial charge in [-0.15, -0.1) is 0 Å². The number of carbonyl (C=O) groups is 1. The number of methoxy groups -OCH3 is 3. The summed E-state index contributed by atoms with van der Waals surface area (Å²) in [6.07, 6.45) is -0.153. The smallest absolute Gasteiger partial charge is 0.307 e. The van der Waals surface area contributed by atoms with Crippen molar-refractivity contribution in [2.24, 2.45) is 0 Å². The monoisotopic (exact) mass is 393 g/mol. The fraction of sp³-hybridized carbons (Fsp3) is 0.316. The Morgan fingerprint density at radius 1 is 1.00 bits per heavy atom. The van der Waals surface area contributed by atoms with Gasteiger partial charge in [0.15, 0.2) is 11.5 Å². The Kier molecular flexibility index (Phi) is 7.20. The second-order valence-corrected chi connectivity index (χ2v) is 7.56. The summed E-state index contributed by atoms with van der Waals surface area (Å²) in [7, 11) is 0.544. The van der Waals surface area contributed by atoms with E-state index in [-0.39, 0.29) is 12.2 Å². The van der Waals surface area contributed by atoms with Gasteiger partial charge in [-0.2, -0.15) is 0 Å². The van der Waals surface area contributed by atoms with Gasteiger partial charge in [-0.3, -0.25) is 4.79 Å². The molecule has 2 aromatic rings. The summed E-state index contributed by atoms with van der Waals surface area (Å²) in [4.78, 5) is 11.8. The molecule has 0 aromatic heterocycles. The Labute approximate surface area is 159 Å². The van der Waals surface area contributed by atoms with Gasteiger partial charge in [0, 0.05) is 0 Å². The summed E-state index contributed by atoms with van der Waals surface area (Å²) in [6, 6.07) is 13.0. The highest BCUT2D eigenvalue weighted by Crippen LogP contribution is 2.31. The van der Waals surface area contributed by atoms with E-state index in [0.717, 1.165) is 0 Å². The largest absolute Gasteiger partial charge is 0.493 e. The van der Waals surface area contributed by atoms with Crippen molar-refractivity contribution < 1.29 is 27.4 Å². The molecule has 146 valence electrons. The highest BCUT2D eigenvalue weighted by Gasteiger charge is 2.24. The molecule has 0 saturated carbocycles. The van der Waals surface area contributed by atoms with Crippen molar-refractivity contribution in [1.29, 1.82) is 0 Å². The molecular weight excluding hydrogens is 370 g/mol. The summed E-state index contributed by atoms with van der Waals surface area (Å²) in [5, 5.41) is 0. The molecule has 7 nitrogen and oxygen atoms in total. The minimum atomic E-state index is -3.70. The SMILES string of the molecule is COC(=O)C[C@@H](NS(=O)(=O)Cc1ccccc1)c1ccc(OC)c(OC)c1. The van der Waals surface area contributed by atoms with E-state index in [1.807, 2.05) is 6.07 Å². The van der Waals surface area contributed by atoms with E-state index >= 15 is 0 Å². The third kappa shape index (κ3) is 5.97. The van der Waals surface area contributed by atoms with Crippen LogP contribution in [0.2, 0.25) is 0 Å². The van der Waals surface area contributed by atoms with Crippen LogP contribution in [0.25, 0.3) is 0 Å². The highest BCUT2D eigenvalue weighted by atomic mass is 32.2. The summed E-state index contributed by atoms with van der Waals surface area (Å²) in [5.74, 6) is 0.216. The first-order chi connectivity index (χ1) is 12.9. The molecule has 2 rings (SSSR count). The molecule has 0 saturated heterocycles. The minimum absolute atomic E-state index is 0.153. The van der Waals surface area contributed by atoms with E-state index in [1.165, 1.54) is 21.3 Å². The summed E-state index contributed by atoms with van der Waals surface area (Å²) in [5.41, 5.74) is 1.21. The molecule has 0 aliphatic heterocycles. The topological polar surface area (TPSA) is 90.9 Å². The van der Waals surface area contributed by atoms with Crippen molar-refractivity contribution in [3.05, 3.63) is 59.7 Å². The van der Waals surface area contributed by atoms with E-state index in [4.69, 9.17) is 14.2 Å². The third-order valence-electron chi connectivity index (χ3n) is 3.93. The Morgan fingerprint density at radius 3 is 2.26 bits per heavy atom. The predicted molar refractivity (Wildman–Crippen MR) is 101 cm³/mol. The minimum Gasteiger partial charge on any atom is -0.493 e. The average molecular weight is 393 g/mol. The van der Waals surface area contributed by atoms with Crippen molar-refractivity contribution in [2.45, 2.75) is 18.2 Å². The molecule has 0 amide bonds. The zero-order chi connectivity index (χ0) is 19.9. The molecule has 8 heteroatoms. The van der Waals surface area contributed by atoms with Gasteiger partial charge < -0.3 is 14.2 Å². The molecule has 0 fully saturated rings. The van der Waals surface area contributed by atoms with Gasteiger partial charge in [0.05, 0.1) is 39.5 Å². The Hall–Kier alpha value is -2.58. The van der Waals surface area contributed by atoms with Gasteiger partial charge in [-0.25, -0.2) is 13.1 Å². The number of esters is 1. The van der Waals surface area contributed by atoms with Crippen molar-refractivity contribution >= 4 is 16.0 Å². The molecule has 0 unspecified atom stereocenters. The van der Waals surface area contributed by atoms with Crippen LogP contribution in [0.1, 0.15) is 23.6 Å². The number of carbonyl (C=O) groups excluding carboxylic acids is 1. The second-order valence-electron chi connectivity index (χ2n) is 5.81. The summed E-state index contributed by atoms with van der Waals surface area (Å²) < 4.78 is 43.0. The molecule has 0 heterocycles. The maximum atomic E-state index is 12.6. The van der Waals surface area contributed by atoms with E-state index in [9.17, 15) is 13.2 Å². The van der Waals surface area contributed by atoms with Gasteiger partial charge in [0.2, 0.25) is 10.0 Å². The Bertz CT molecular complexity index is 867. The molecule has 0 spiro atoms. The van der Waals surface area contributed by atoms with E-state index in [2.05, 4.69) is 4.72 Å². The van der Waals surface area contributed by atoms with Crippen LogP contribution in [-0.2, 0) is 25.3 Å². The van der Waals surface area contributed by atoms with Crippen LogP contribution in [0.5, 0.6) is 11.5 Å². The lowest BCUT2D eigenvalue weighted by atomic mass is 10.0. The zero-order valence-electron chi connectivity index (χ0n) is 15.5. The van der Waals surface area contributed by atoms with E-state index in [1.54, 1.807) is 42.5 Å². The Balaban J connectivity index is 2.30. The first-order valence-electron chi connectivity index (χ1n) is 8.21. The van der Waals surface area contributed by atoms with Gasteiger partial charge in [-0.05, 0) is 23.3 Å². The quantitative estimate of drug-likeness (QED) is 0.658. The molecular formula is C19H23NO6S. The molecule has 2 aromatic carbocycles. The van der Waals surface area contributed by atoms with Crippen molar-refractivity contribution in [3.8, 4) is 11.5 Å². The molecule has 0 radical (unpaired) electrons. The molecule has 0 aliphatic rings. The third-order valence-corrected chi connectivity index (χ3v) is 5.29. The van der Waals surface area contributed by atoms with Crippen LogP contribution in [-0.4, -0.2) is 35.7 Å². The highest BCUT2D eigenvalue weighted by molar-refractivity contribution is 7.88. The Morgan fingerprint density at radius 2 is 1.67 bits per heavy atom. The van der Waals surface area contributed by atoms with Gasteiger partial charge >= 0.3 is 5.97 Å². The number of hydrogen-bond acceptors (Lipinski definition) is 6. The van der Waals surface area contributed by atoms with Gasteiger partial charge in [-0.1, -0.05) is 36.4 Å². The zero-order valence-corrected chi connectivity index (χ0v) is 16.3. The first kappa shape index (κ1) is 20.7. The standard InChI is InChI=1S/C19H23NO6S/c1-24-17-10-9-15(11-18(17)25-2)16(12-19(21)26-3)20-27(22,23)13-14-7-5-4-6-8-14/h4-11,16,20H,12-13H2,1-3H3/t16-/m1/s1. The lowest BCUT2D eigenvalue weighted by Crippen LogP contribution is -2.31. The number of benzene rings is 2. The maximum Gasteiger partial charge on any atom is 0.307 e. The van der Waals surface area contributed by atoms with E-state index < -0.39 is 22.0 Å². The van der Waals surface area contributed by atoms with E-state index in [0.29, 0.717) is 22.6 Å². The van der Waals surface area contributed by atoms with Crippen LogP contribution in [0.4, 0.5) is 0 Å². The fourth-order valence-electron chi connectivity index (χ4n) is 2.60. The molecule has 0 bridgehead atoms. The van der Waals surface area contributed by atoms with Gasteiger partial charge in [0.25, 0.3) is 0 Å². The fourth-order valence-corrected chi connectivity index (χ4v) is 3.97. The normalized spacial score (nSPS) is 12.3. The second kappa shape index (κ2) is 9.38. The van der Waals surface area contributed by atoms with Crippen molar-refractivity contribution in [3.63, 3.8) is 0 Å². The molecule has 1 N–H and O–H groups in total. The van der Waals surface area contributed by atoms with Gasteiger partial charge in [0.1, 0.15) is 0 Å². The summed E-state index contributed by atoms with van der Waals surface area (Å²) >= 11 is 0. The van der Waals surface area contributed by atoms with Crippen LogP contribution < -0.4 is 14.2 Å². The number of nitrogens with one attached hydrogen (secondary N) is 1. The first-order valence-corrected chi connectivity index (χ1v) is 9.86. The number of rotatable bonds is 9. The molecule has 1 atom stereocenters. The lowest BCUT2D eigenvalue weighted by Gasteiger charge is -2.20. The average Bonchev–Trinajstić information content (AvgIpc) is 2.66. The number of hydrogen-bond donors (Lipinski definition) is 1. The van der Waals surface area contributed by atoms with Crippen molar-refractivity contribution in [2.75, 3.05) is 21.3 Å². The summed E-state index contributed by atoms with van der Waals surface area (Å²) in [6.45, 7) is 0. The van der Waals surface area contributed by atoms with Crippen LogP contribution >= 0.6 is 0 Å². The molecule has 27 heavy (non-hydrogen) atoms. The lowest BCUT2D eigenvalue weighted by molar-refractivity contribution is -0.141. The predicted octanol–water partition coefficient (Wildman–Crippen LogP) is 2.43. The molecule has 0 aliphatic carbocycles. The maximum absolute atomic E-state index is 12.6. The van der Waals surface area contributed by atoms with Crippen LogP contribution in [0.3, 0.4) is 0 Å².